The van der Waals surface area contributed by atoms with Gasteiger partial charge in [-0.25, -0.2) is 4.98 Å². The summed E-state index contributed by atoms with van der Waals surface area (Å²) in [6.07, 6.45) is -0.564. The average Bonchev–Trinajstić information content (AvgIpc) is 2.56. The molecule has 0 aromatic carbocycles. The van der Waals surface area contributed by atoms with E-state index in [1.807, 2.05) is 11.6 Å². The van der Waals surface area contributed by atoms with E-state index in [-0.39, 0.29) is 6.42 Å². The van der Waals surface area contributed by atoms with Crippen LogP contribution in [0.2, 0.25) is 0 Å². The van der Waals surface area contributed by atoms with Crippen LogP contribution in [-0.4, -0.2) is 22.3 Å². The molecule has 0 radical (unpaired) electrons. The minimum atomic E-state index is -4.03. The maximum absolute atomic E-state index is 11.8. The van der Waals surface area contributed by atoms with E-state index in [9.17, 15) is 13.2 Å². The van der Waals surface area contributed by atoms with Gasteiger partial charge in [-0.1, -0.05) is 0 Å². The van der Waals surface area contributed by atoms with Crippen LogP contribution in [0.15, 0.2) is 12.5 Å². The third-order valence-electron chi connectivity index (χ3n) is 2.29. The molecule has 0 aliphatic heterocycles. The first-order chi connectivity index (χ1) is 7.49. The summed E-state index contributed by atoms with van der Waals surface area (Å²) in [7, 11) is 1.88. The van der Waals surface area contributed by atoms with Crippen LogP contribution in [0.3, 0.4) is 0 Å². The van der Waals surface area contributed by atoms with Crippen molar-refractivity contribution in [2.75, 3.05) is 6.54 Å². The molecule has 0 aliphatic rings. The fraction of sp³-hybridized carbons (Fsp3) is 0.700. The Labute approximate surface area is 92.7 Å². The maximum Gasteiger partial charge on any atom is 0.389 e. The van der Waals surface area contributed by atoms with E-state index in [2.05, 4.69) is 10.3 Å². The van der Waals surface area contributed by atoms with Crippen molar-refractivity contribution in [3.63, 3.8) is 0 Å². The summed E-state index contributed by atoms with van der Waals surface area (Å²) in [5.74, 6) is 0. The SMILES string of the molecule is Cn1cncc1CNCCCCC(F)(F)F. The van der Waals surface area contributed by atoms with E-state index in [0.29, 0.717) is 19.5 Å². The number of hydrogen-bond acceptors (Lipinski definition) is 2. The second kappa shape index (κ2) is 5.89. The molecule has 1 aromatic rings. The molecule has 92 valence electrons. The van der Waals surface area contributed by atoms with Crippen molar-refractivity contribution in [2.24, 2.45) is 7.05 Å². The largest absolute Gasteiger partial charge is 0.389 e. The van der Waals surface area contributed by atoms with Gasteiger partial charge in [0.25, 0.3) is 0 Å². The molecule has 3 nitrogen and oxygen atoms in total. The fourth-order valence-electron chi connectivity index (χ4n) is 1.35. The summed E-state index contributed by atoms with van der Waals surface area (Å²) in [6.45, 7) is 1.24. The molecule has 1 N–H and O–H groups in total. The zero-order valence-corrected chi connectivity index (χ0v) is 9.22. The van der Waals surface area contributed by atoms with Crippen molar-refractivity contribution in [1.29, 1.82) is 0 Å². The minimum absolute atomic E-state index is 0.182. The van der Waals surface area contributed by atoms with Crippen molar-refractivity contribution in [3.8, 4) is 0 Å². The highest BCUT2D eigenvalue weighted by Crippen LogP contribution is 2.21. The van der Waals surface area contributed by atoms with E-state index < -0.39 is 12.6 Å². The highest BCUT2D eigenvalue weighted by atomic mass is 19.4. The monoisotopic (exact) mass is 235 g/mol. The van der Waals surface area contributed by atoms with Gasteiger partial charge in [0, 0.05) is 26.2 Å². The summed E-state index contributed by atoms with van der Waals surface area (Å²) < 4.78 is 37.3. The third-order valence-corrected chi connectivity index (χ3v) is 2.29. The Hall–Kier alpha value is -1.04. The average molecular weight is 235 g/mol. The predicted octanol–water partition coefficient (Wildman–Crippen LogP) is 2.24. The number of rotatable bonds is 6. The van der Waals surface area contributed by atoms with Crippen LogP contribution >= 0.6 is 0 Å². The Kier molecular flexibility index (Phi) is 4.79. The molecule has 0 unspecified atom stereocenters. The van der Waals surface area contributed by atoms with Crippen LogP contribution in [0.5, 0.6) is 0 Å². The van der Waals surface area contributed by atoms with E-state index >= 15 is 0 Å². The molecule has 0 atom stereocenters. The van der Waals surface area contributed by atoms with Crippen LogP contribution in [0.4, 0.5) is 13.2 Å². The van der Waals surface area contributed by atoms with Gasteiger partial charge < -0.3 is 9.88 Å². The van der Waals surface area contributed by atoms with Crippen LogP contribution in [0, 0.1) is 0 Å². The molecule has 0 saturated carbocycles. The van der Waals surface area contributed by atoms with Gasteiger partial charge in [-0.05, 0) is 19.4 Å². The fourth-order valence-corrected chi connectivity index (χ4v) is 1.35. The predicted molar refractivity (Wildman–Crippen MR) is 54.8 cm³/mol. The Bertz CT molecular complexity index is 307. The molecule has 0 spiro atoms. The summed E-state index contributed by atoms with van der Waals surface area (Å²) in [4.78, 5) is 3.94. The first kappa shape index (κ1) is 13.0. The normalized spacial score (nSPS) is 12.0. The minimum Gasteiger partial charge on any atom is -0.337 e. The molecule has 6 heteroatoms. The Morgan fingerprint density at radius 2 is 2.12 bits per heavy atom. The number of nitrogens with one attached hydrogen (secondary N) is 1. The van der Waals surface area contributed by atoms with Crippen LogP contribution < -0.4 is 5.32 Å². The van der Waals surface area contributed by atoms with Crippen molar-refractivity contribution in [3.05, 3.63) is 18.2 Å². The van der Waals surface area contributed by atoms with Gasteiger partial charge in [-0.2, -0.15) is 13.2 Å². The number of halogens is 3. The number of imidazole rings is 1. The second-order valence-electron chi connectivity index (χ2n) is 3.74. The summed E-state index contributed by atoms with van der Waals surface area (Å²) in [5.41, 5.74) is 1.02. The molecule has 16 heavy (non-hydrogen) atoms. The molecule has 0 fully saturated rings. The van der Waals surface area contributed by atoms with Crippen LogP contribution in [0.1, 0.15) is 25.0 Å². The molecule has 1 heterocycles. The van der Waals surface area contributed by atoms with Crippen molar-refractivity contribution in [1.82, 2.24) is 14.9 Å². The first-order valence-corrected chi connectivity index (χ1v) is 5.22. The van der Waals surface area contributed by atoms with Gasteiger partial charge in [0.2, 0.25) is 0 Å². The quantitative estimate of drug-likeness (QED) is 0.766. The topological polar surface area (TPSA) is 29.9 Å². The van der Waals surface area contributed by atoms with Gasteiger partial charge in [-0.3, -0.25) is 0 Å². The number of hydrogen-bond donors (Lipinski definition) is 1. The molecule has 0 bridgehead atoms. The van der Waals surface area contributed by atoms with Crippen molar-refractivity contribution >= 4 is 0 Å². The van der Waals surface area contributed by atoms with Gasteiger partial charge in [0.15, 0.2) is 0 Å². The lowest BCUT2D eigenvalue weighted by atomic mass is 10.2. The number of unbranched alkanes of at least 4 members (excludes halogenated alkanes) is 1. The van der Waals surface area contributed by atoms with Crippen molar-refractivity contribution < 1.29 is 13.2 Å². The van der Waals surface area contributed by atoms with Crippen molar-refractivity contribution in [2.45, 2.75) is 32.0 Å². The molecule has 0 amide bonds. The third kappa shape index (κ3) is 5.16. The molecular formula is C10H16F3N3. The Morgan fingerprint density at radius 3 is 2.69 bits per heavy atom. The van der Waals surface area contributed by atoms with E-state index in [1.54, 1.807) is 12.5 Å². The molecule has 1 rings (SSSR count). The van der Waals surface area contributed by atoms with Gasteiger partial charge >= 0.3 is 6.18 Å². The summed E-state index contributed by atoms with van der Waals surface area (Å²) in [6, 6.07) is 0. The lowest BCUT2D eigenvalue weighted by molar-refractivity contribution is -0.135. The number of aromatic nitrogens is 2. The standard InChI is InChI=1S/C10H16F3N3/c1-16-8-15-7-9(16)6-14-5-3-2-4-10(11,12)13/h7-8,14H,2-6H2,1H3. The van der Waals surface area contributed by atoms with Crippen LogP contribution in [0.25, 0.3) is 0 Å². The van der Waals surface area contributed by atoms with Gasteiger partial charge in [0.05, 0.1) is 12.0 Å². The molecule has 1 aromatic heterocycles. The Morgan fingerprint density at radius 1 is 1.38 bits per heavy atom. The van der Waals surface area contributed by atoms with E-state index in [1.165, 1.54) is 0 Å². The van der Waals surface area contributed by atoms with Gasteiger partial charge in [0.1, 0.15) is 0 Å². The Balaban J connectivity index is 2.03. The maximum atomic E-state index is 11.8. The highest BCUT2D eigenvalue weighted by Gasteiger charge is 2.25. The zero-order chi connectivity index (χ0) is 12.0. The lowest BCUT2D eigenvalue weighted by Gasteiger charge is -2.07. The highest BCUT2D eigenvalue weighted by molar-refractivity contribution is 4.96. The summed E-state index contributed by atoms with van der Waals surface area (Å²) in [5, 5.41) is 3.09. The first-order valence-electron chi connectivity index (χ1n) is 5.22. The van der Waals surface area contributed by atoms with E-state index in [4.69, 9.17) is 0 Å². The zero-order valence-electron chi connectivity index (χ0n) is 9.22. The molecule has 0 saturated heterocycles. The number of aryl methyl sites for hydroxylation is 1. The smallest absolute Gasteiger partial charge is 0.337 e. The van der Waals surface area contributed by atoms with Gasteiger partial charge in [-0.15, -0.1) is 0 Å². The number of nitrogens with zero attached hydrogens (tertiary/aromatic N) is 2. The van der Waals surface area contributed by atoms with E-state index in [0.717, 1.165) is 5.69 Å². The van der Waals surface area contributed by atoms with Crippen LogP contribution in [-0.2, 0) is 13.6 Å². The molecule has 0 aliphatic carbocycles. The lowest BCUT2D eigenvalue weighted by Crippen LogP contribution is -2.17. The summed E-state index contributed by atoms with van der Waals surface area (Å²) >= 11 is 0. The molecular weight excluding hydrogens is 219 g/mol. The second-order valence-corrected chi connectivity index (χ2v) is 3.74. The number of alkyl halides is 3.